The molecule has 0 bridgehead atoms. The number of ketones is 2. The number of halogens is 1. The Morgan fingerprint density at radius 3 is 2.45 bits per heavy atom. The number of aliphatic hydroxyl groups is 1. The molecule has 0 spiro atoms. The number of nitriles is 1. The molecule has 9 heteroatoms. The summed E-state index contributed by atoms with van der Waals surface area (Å²) in [5.41, 5.74) is 0.712. The van der Waals surface area contributed by atoms with E-state index in [1.807, 2.05) is 13.8 Å². The first-order valence-corrected chi connectivity index (χ1v) is 9.46. The average molecular weight is 448 g/mol. The summed E-state index contributed by atoms with van der Waals surface area (Å²) in [6.45, 7) is 5.15. The number of carbonyl (C=O) groups excluding carboxylic acids is 3. The van der Waals surface area contributed by atoms with Gasteiger partial charge in [0.1, 0.15) is 17.6 Å². The molecule has 0 saturated heterocycles. The van der Waals surface area contributed by atoms with Crippen LogP contribution < -0.4 is 5.32 Å². The highest BCUT2D eigenvalue weighted by molar-refractivity contribution is 7.59. The number of nitrogens with one attached hydrogen (secondary N) is 1. The normalized spacial score (nSPS) is 11.4. The van der Waals surface area contributed by atoms with Crippen LogP contribution >= 0.6 is 13.5 Å². The Kier molecular flexibility index (Phi) is 9.16. The summed E-state index contributed by atoms with van der Waals surface area (Å²) in [5, 5.41) is 20.9. The minimum absolute atomic E-state index is 0. The number of amides is 1. The molecule has 0 radical (unpaired) electrons. The Hall–Kier alpha value is -2.96. The Morgan fingerprint density at radius 1 is 1.26 bits per heavy atom. The van der Waals surface area contributed by atoms with E-state index >= 15 is 0 Å². The van der Waals surface area contributed by atoms with Gasteiger partial charge < -0.3 is 15.0 Å². The summed E-state index contributed by atoms with van der Waals surface area (Å²) in [6.07, 6.45) is -0.0740. The molecule has 0 aliphatic heterocycles. The van der Waals surface area contributed by atoms with E-state index in [0.29, 0.717) is 5.69 Å². The van der Waals surface area contributed by atoms with E-state index in [0.717, 1.165) is 6.07 Å². The zero-order chi connectivity index (χ0) is 22.6. The van der Waals surface area contributed by atoms with Gasteiger partial charge in [-0.2, -0.15) is 18.8 Å². The van der Waals surface area contributed by atoms with Crippen molar-refractivity contribution in [3.63, 3.8) is 0 Å². The molecule has 31 heavy (non-hydrogen) atoms. The summed E-state index contributed by atoms with van der Waals surface area (Å²) in [6, 6.07) is 6.64. The molecule has 0 unspecified atom stereocenters. The molecule has 1 atom stereocenters. The predicted molar refractivity (Wildman–Crippen MR) is 119 cm³/mol. The van der Waals surface area contributed by atoms with Gasteiger partial charge in [0.2, 0.25) is 11.6 Å². The molecule has 1 heterocycles. The largest absolute Gasteiger partial charge is 0.396 e. The summed E-state index contributed by atoms with van der Waals surface area (Å²) in [5.74, 6) is -2.88. The van der Waals surface area contributed by atoms with Crippen LogP contribution in [0.4, 0.5) is 10.1 Å². The lowest BCUT2D eigenvalue weighted by Gasteiger charge is -2.16. The summed E-state index contributed by atoms with van der Waals surface area (Å²) < 4.78 is 14.9. The van der Waals surface area contributed by atoms with Gasteiger partial charge in [0.05, 0.1) is 5.56 Å². The van der Waals surface area contributed by atoms with Gasteiger partial charge in [0, 0.05) is 37.0 Å². The van der Waals surface area contributed by atoms with Gasteiger partial charge in [0.15, 0.2) is 0 Å². The first-order valence-electron chi connectivity index (χ1n) is 9.46. The van der Waals surface area contributed by atoms with Crippen molar-refractivity contribution in [2.45, 2.75) is 27.2 Å². The number of aliphatic hydroxyl groups excluding tert-OH is 1. The quantitative estimate of drug-likeness (QED) is 0.477. The number of hydrogen-bond acceptors (Lipinski definition) is 5. The topological polar surface area (TPSA) is 112 Å². The van der Waals surface area contributed by atoms with Crippen LogP contribution in [-0.2, 0) is 11.8 Å². The van der Waals surface area contributed by atoms with Crippen LogP contribution in [-0.4, -0.2) is 33.8 Å². The van der Waals surface area contributed by atoms with Crippen molar-refractivity contribution in [1.82, 2.24) is 4.57 Å². The average Bonchev–Trinajstić information content (AvgIpc) is 3.01. The van der Waals surface area contributed by atoms with Gasteiger partial charge in [-0.3, -0.25) is 14.4 Å². The third-order valence-electron chi connectivity index (χ3n) is 5.24. The number of hydrogen-bond donors (Lipinski definition) is 2. The molecule has 0 fully saturated rings. The van der Waals surface area contributed by atoms with E-state index in [4.69, 9.17) is 5.26 Å². The lowest BCUT2D eigenvalue weighted by atomic mass is 9.89. The highest BCUT2D eigenvalue weighted by atomic mass is 32.1. The monoisotopic (exact) mass is 447 g/mol. The van der Waals surface area contributed by atoms with Crippen LogP contribution in [0.15, 0.2) is 24.3 Å². The van der Waals surface area contributed by atoms with E-state index in [1.165, 1.54) is 22.8 Å². The second-order valence-corrected chi connectivity index (χ2v) is 7.49. The number of Topliss-reactive ketones (excluding diaryl/α,β-unsaturated/α-hetero) is 2. The maximum absolute atomic E-state index is 13.5. The first kappa shape index (κ1) is 26.1. The number of aromatic nitrogens is 1. The standard InChI is InChI=1S/C22H24FN3O4.H2S/c1-12(2)15(11-27)8-20(28)21(29)17-9-19(26(4)13(17)3)22(30)25-16-5-6-18(23)14(7-16)10-24;/h5-7,9,12,15,27H,8,11H2,1-4H3,(H,25,30);1H2/t15-;/m1./s1. The minimum Gasteiger partial charge on any atom is -0.396 e. The van der Waals surface area contributed by atoms with E-state index in [1.54, 1.807) is 20.0 Å². The Balaban J connectivity index is 0.00000480. The van der Waals surface area contributed by atoms with Crippen molar-refractivity contribution < 1.29 is 23.9 Å². The Morgan fingerprint density at radius 2 is 1.90 bits per heavy atom. The number of carbonyl (C=O) groups is 3. The third-order valence-corrected chi connectivity index (χ3v) is 5.24. The van der Waals surface area contributed by atoms with E-state index < -0.39 is 23.3 Å². The van der Waals surface area contributed by atoms with Crippen LogP contribution in [0.2, 0.25) is 0 Å². The van der Waals surface area contributed by atoms with Crippen molar-refractivity contribution >= 4 is 36.7 Å². The van der Waals surface area contributed by atoms with Crippen molar-refractivity contribution in [2.75, 3.05) is 11.9 Å². The summed E-state index contributed by atoms with van der Waals surface area (Å²) in [7, 11) is 1.58. The van der Waals surface area contributed by atoms with Gasteiger partial charge in [-0.15, -0.1) is 0 Å². The zero-order valence-electron chi connectivity index (χ0n) is 17.8. The summed E-state index contributed by atoms with van der Waals surface area (Å²) in [4.78, 5) is 37.7. The first-order chi connectivity index (χ1) is 14.1. The molecular formula is C22H26FN3O4S. The van der Waals surface area contributed by atoms with Crippen LogP contribution in [0.3, 0.4) is 0 Å². The molecule has 0 aliphatic rings. The van der Waals surface area contributed by atoms with Crippen molar-refractivity contribution in [3.05, 3.63) is 52.6 Å². The maximum atomic E-state index is 13.5. The fourth-order valence-electron chi connectivity index (χ4n) is 3.02. The summed E-state index contributed by atoms with van der Waals surface area (Å²) >= 11 is 0. The molecule has 0 aliphatic carbocycles. The van der Waals surface area contributed by atoms with Crippen LogP contribution in [0.5, 0.6) is 0 Å². The van der Waals surface area contributed by atoms with Crippen LogP contribution in [0.25, 0.3) is 0 Å². The minimum atomic E-state index is -0.713. The molecule has 0 saturated carbocycles. The third kappa shape index (κ3) is 5.81. The molecule has 166 valence electrons. The molecule has 1 aromatic heterocycles. The highest BCUT2D eigenvalue weighted by Crippen LogP contribution is 2.21. The molecule has 7 nitrogen and oxygen atoms in total. The van der Waals surface area contributed by atoms with Gasteiger partial charge in [0.25, 0.3) is 5.91 Å². The molecule has 2 aromatic rings. The molecule has 1 amide bonds. The Bertz CT molecular complexity index is 1040. The maximum Gasteiger partial charge on any atom is 0.272 e. The number of nitrogens with zero attached hydrogens (tertiary/aromatic N) is 2. The molecule has 2 rings (SSSR count). The van der Waals surface area contributed by atoms with Gasteiger partial charge in [-0.25, -0.2) is 4.39 Å². The lowest BCUT2D eigenvalue weighted by molar-refractivity contribution is -0.116. The number of rotatable bonds is 8. The predicted octanol–water partition coefficient (Wildman–Crippen LogP) is 3.12. The van der Waals surface area contributed by atoms with E-state index in [2.05, 4.69) is 5.32 Å². The Labute approximate surface area is 187 Å². The molecular weight excluding hydrogens is 421 g/mol. The second kappa shape index (κ2) is 10.9. The SMILES string of the molecule is Cc1c(C(=O)C(=O)C[C@H](CO)C(C)C)cc(C(=O)Nc2ccc(F)c(C#N)c2)n1C.S. The van der Waals surface area contributed by atoms with E-state index in [9.17, 15) is 23.9 Å². The van der Waals surface area contributed by atoms with E-state index in [-0.39, 0.29) is 60.9 Å². The van der Waals surface area contributed by atoms with Gasteiger partial charge in [-0.05, 0) is 43.0 Å². The van der Waals surface area contributed by atoms with Gasteiger partial charge in [-0.1, -0.05) is 13.8 Å². The number of anilines is 1. The molecule has 1 aromatic carbocycles. The highest BCUT2D eigenvalue weighted by Gasteiger charge is 2.27. The van der Waals surface area contributed by atoms with Crippen LogP contribution in [0.1, 0.15) is 52.4 Å². The fraction of sp³-hybridized carbons (Fsp3) is 0.364. The lowest BCUT2D eigenvalue weighted by Crippen LogP contribution is -2.23. The van der Waals surface area contributed by atoms with Crippen LogP contribution in [0, 0.1) is 35.9 Å². The van der Waals surface area contributed by atoms with Crippen molar-refractivity contribution in [1.29, 1.82) is 5.26 Å². The molecule has 2 N–H and O–H groups in total. The van der Waals surface area contributed by atoms with Crippen molar-refractivity contribution in [3.8, 4) is 6.07 Å². The second-order valence-electron chi connectivity index (χ2n) is 7.49. The smallest absolute Gasteiger partial charge is 0.272 e. The zero-order valence-corrected chi connectivity index (χ0v) is 18.8. The fourth-order valence-corrected chi connectivity index (χ4v) is 3.02. The van der Waals surface area contributed by atoms with Gasteiger partial charge >= 0.3 is 0 Å². The number of benzene rings is 1. The van der Waals surface area contributed by atoms with Crippen molar-refractivity contribution in [2.24, 2.45) is 18.9 Å².